The van der Waals surface area contributed by atoms with Gasteiger partial charge in [-0.3, -0.25) is 0 Å². The van der Waals surface area contributed by atoms with Gasteiger partial charge in [-0.1, -0.05) is 78.4 Å². The number of hydrogen-bond acceptors (Lipinski definition) is 4. The normalized spacial score (nSPS) is 18.7. The van der Waals surface area contributed by atoms with Gasteiger partial charge in [0, 0.05) is 16.7 Å². The molecule has 0 spiro atoms. The Kier molecular flexibility index (Phi) is 4.67. The molecule has 28 heavy (non-hydrogen) atoms. The summed E-state index contributed by atoms with van der Waals surface area (Å²) in [6.07, 6.45) is 0. The van der Waals surface area contributed by atoms with E-state index >= 15 is 0 Å². The highest BCUT2D eigenvalue weighted by molar-refractivity contribution is 6.20. The average Bonchev–Trinajstić information content (AvgIpc) is 3.09. The van der Waals surface area contributed by atoms with E-state index in [1.54, 1.807) is 0 Å². The van der Waals surface area contributed by atoms with Gasteiger partial charge in [-0.25, -0.2) is 15.2 Å². The summed E-state index contributed by atoms with van der Waals surface area (Å²) in [6.45, 7) is 6.18. The molecule has 1 aliphatic heterocycles. The Morgan fingerprint density at radius 3 is 1.96 bits per heavy atom. The lowest BCUT2D eigenvalue weighted by Crippen LogP contribution is -2.34. The topological polar surface area (TPSA) is 54.2 Å². The number of nitrogens with zero attached hydrogens (tertiary/aromatic N) is 2. The Bertz CT molecular complexity index is 1050. The molecule has 0 amide bonds. The van der Waals surface area contributed by atoms with Gasteiger partial charge in [-0.2, -0.15) is 4.89 Å². The van der Waals surface area contributed by atoms with Gasteiger partial charge >= 0.3 is 0 Å². The molecule has 1 atom stereocenters. The maximum atomic E-state index is 10.1. The fourth-order valence-corrected chi connectivity index (χ4v) is 3.89. The summed E-state index contributed by atoms with van der Waals surface area (Å²) in [5.41, 5.74) is 5.08. The van der Waals surface area contributed by atoms with E-state index < -0.39 is 5.72 Å². The Morgan fingerprint density at radius 1 is 0.821 bits per heavy atom. The van der Waals surface area contributed by atoms with Crippen LogP contribution in [-0.2, 0) is 10.6 Å². The predicted molar refractivity (Wildman–Crippen MR) is 112 cm³/mol. The quantitative estimate of drug-likeness (QED) is 0.507. The fraction of sp³-hybridized carbons (Fsp3) is 0.167. The van der Waals surface area contributed by atoms with Crippen LogP contribution in [0.3, 0.4) is 0 Å². The van der Waals surface area contributed by atoms with Crippen LogP contribution in [0.15, 0.2) is 82.8 Å². The molecular formula is C24H22N2O2. The molecule has 0 fully saturated rings. The van der Waals surface area contributed by atoms with E-state index in [9.17, 15) is 5.26 Å². The highest BCUT2D eigenvalue weighted by atomic mass is 17.1. The molecule has 1 aliphatic rings. The minimum atomic E-state index is -1.40. The van der Waals surface area contributed by atoms with Crippen LogP contribution >= 0.6 is 0 Å². The van der Waals surface area contributed by atoms with Gasteiger partial charge in [0.15, 0.2) is 5.84 Å². The van der Waals surface area contributed by atoms with Crippen LogP contribution in [0.25, 0.3) is 0 Å². The van der Waals surface area contributed by atoms with Crippen molar-refractivity contribution in [1.29, 1.82) is 0 Å². The Morgan fingerprint density at radius 2 is 1.39 bits per heavy atom. The molecular weight excluding hydrogens is 348 g/mol. The van der Waals surface area contributed by atoms with Crippen LogP contribution in [0.5, 0.6) is 0 Å². The molecule has 4 nitrogen and oxygen atoms in total. The van der Waals surface area contributed by atoms with Crippen molar-refractivity contribution < 1.29 is 10.1 Å². The molecule has 0 bridgehead atoms. The second kappa shape index (κ2) is 7.15. The molecule has 1 heterocycles. The monoisotopic (exact) mass is 370 g/mol. The molecule has 1 N–H and O–H groups in total. The molecule has 3 aromatic rings. The average molecular weight is 370 g/mol. The van der Waals surface area contributed by atoms with Crippen molar-refractivity contribution in [3.8, 4) is 0 Å². The van der Waals surface area contributed by atoms with Crippen molar-refractivity contribution in [3.05, 3.63) is 106 Å². The number of amidine groups is 1. The van der Waals surface area contributed by atoms with Crippen LogP contribution in [0.1, 0.15) is 33.4 Å². The third kappa shape index (κ3) is 2.97. The zero-order chi connectivity index (χ0) is 19.7. The molecule has 3 aromatic carbocycles. The van der Waals surface area contributed by atoms with E-state index in [1.165, 1.54) is 5.56 Å². The van der Waals surface area contributed by atoms with Crippen molar-refractivity contribution in [2.75, 3.05) is 0 Å². The van der Waals surface area contributed by atoms with Crippen molar-refractivity contribution >= 4 is 11.5 Å². The van der Waals surface area contributed by atoms with Gasteiger partial charge in [0.25, 0.3) is 5.72 Å². The van der Waals surface area contributed by atoms with E-state index in [0.717, 1.165) is 27.8 Å². The van der Waals surface area contributed by atoms with Crippen molar-refractivity contribution in [2.45, 2.75) is 26.5 Å². The van der Waals surface area contributed by atoms with Gasteiger partial charge in [-0.05, 0) is 31.9 Å². The molecule has 0 aromatic heterocycles. The molecule has 0 aliphatic carbocycles. The van der Waals surface area contributed by atoms with Crippen LogP contribution in [0.2, 0.25) is 0 Å². The molecule has 1 unspecified atom stereocenters. The second-order valence-electron chi connectivity index (χ2n) is 7.14. The molecule has 140 valence electrons. The summed E-state index contributed by atoms with van der Waals surface area (Å²) in [7, 11) is 0. The summed E-state index contributed by atoms with van der Waals surface area (Å²) in [5, 5.41) is 10.1. The van der Waals surface area contributed by atoms with Gasteiger partial charge < -0.3 is 0 Å². The Hall–Kier alpha value is -3.08. The number of rotatable bonds is 4. The van der Waals surface area contributed by atoms with E-state index in [-0.39, 0.29) is 0 Å². The van der Waals surface area contributed by atoms with Crippen LogP contribution in [-0.4, -0.2) is 16.8 Å². The largest absolute Gasteiger partial charge is 0.262 e. The lowest BCUT2D eigenvalue weighted by atomic mass is 9.93. The predicted octanol–water partition coefficient (Wildman–Crippen LogP) is 5.20. The lowest BCUT2D eigenvalue weighted by molar-refractivity contribution is -0.302. The summed E-state index contributed by atoms with van der Waals surface area (Å²) in [6, 6.07) is 23.4. The van der Waals surface area contributed by atoms with Gasteiger partial charge in [0.05, 0.1) is 0 Å². The molecule has 0 saturated carbocycles. The third-order valence-corrected chi connectivity index (χ3v) is 5.05. The highest BCUT2D eigenvalue weighted by Crippen LogP contribution is 2.37. The number of hydrogen-bond donors (Lipinski definition) is 1. The zero-order valence-electron chi connectivity index (χ0n) is 16.2. The first-order valence-electron chi connectivity index (χ1n) is 9.26. The molecule has 0 saturated heterocycles. The number of aryl methyl sites for hydroxylation is 3. The zero-order valence-corrected chi connectivity index (χ0v) is 16.2. The molecule has 0 radical (unpaired) electrons. The number of benzene rings is 3. The van der Waals surface area contributed by atoms with Crippen molar-refractivity contribution in [3.63, 3.8) is 0 Å². The summed E-state index contributed by atoms with van der Waals surface area (Å²) >= 11 is 0. The Balaban J connectivity index is 1.98. The molecule has 4 rings (SSSR count). The first-order valence-corrected chi connectivity index (χ1v) is 9.26. The Labute approximate surface area is 164 Å². The van der Waals surface area contributed by atoms with E-state index in [0.29, 0.717) is 11.5 Å². The minimum absolute atomic E-state index is 0.562. The van der Waals surface area contributed by atoms with Crippen molar-refractivity contribution in [1.82, 2.24) is 0 Å². The van der Waals surface area contributed by atoms with Crippen LogP contribution < -0.4 is 0 Å². The summed E-state index contributed by atoms with van der Waals surface area (Å²) < 4.78 is 0. The van der Waals surface area contributed by atoms with Gasteiger partial charge in [0.2, 0.25) is 0 Å². The molecule has 4 heteroatoms. The maximum absolute atomic E-state index is 10.1. The van der Waals surface area contributed by atoms with E-state index in [4.69, 9.17) is 14.9 Å². The smallest absolute Gasteiger partial charge is 0.249 e. The van der Waals surface area contributed by atoms with Crippen LogP contribution in [0, 0.1) is 20.8 Å². The lowest BCUT2D eigenvalue weighted by Gasteiger charge is -2.25. The summed E-state index contributed by atoms with van der Waals surface area (Å²) in [4.78, 5) is 14.8. The van der Waals surface area contributed by atoms with Crippen LogP contribution in [0.4, 0.5) is 0 Å². The second-order valence-corrected chi connectivity index (χ2v) is 7.14. The number of aliphatic imine (C=N–C) groups is 2. The highest BCUT2D eigenvalue weighted by Gasteiger charge is 2.45. The van der Waals surface area contributed by atoms with E-state index in [2.05, 4.69) is 32.9 Å². The third-order valence-electron chi connectivity index (χ3n) is 5.05. The van der Waals surface area contributed by atoms with Gasteiger partial charge in [-0.15, -0.1) is 0 Å². The maximum Gasteiger partial charge on any atom is 0.262 e. The first-order chi connectivity index (χ1) is 13.5. The fourth-order valence-electron chi connectivity index (χ4n) is 3.89. The van der Waals surface area contributed by atoms with Crippen molar-refractivity contribution in [2.24, 2.45) is 9.98 Å². The van der Waals surface area contributed by atoms with Gasteiger partial charge in [0.1, 0.15) is 5.71 Å². The summed E-state index contributed by atoms with van der Waals surface area (Å²) in [5.74, 6) is 0.562. The standard InChI is InChI=1S/C24H22N2O2/c1-16-14-17(2)21(18(3)15-16)23-25-22(19-10-6-4-7-11-19)24(26-23,28-27)20-12-8-5-9-13-20/h4-15,27H,1-3H3. The first kappa shape index (κ1) is 18.3. The minimum Gasteiger partial charge on any atom is -0.249 e. The SMILES string of the molecule is Cc1cc(C)c(C2=NC(OO)(c3ccccc3)C(c3ccccc3)=N2)c(C)c1. The van der Waals surface area contributed by atoms with E-state index in [1.807, 2.05) is 60.7 Å².